The van der Waals surface area contributed by atoms with E-state index in [-0.39, 0.29) is 5.75 Å². The number of anilines is 1. The Morgan fingerprint density at radius 3 is 2.33 bits per heavy atom. The minimum Gasteiger partial charge on any atom is -0.497 e. The number of ether oxygens (including phenoxy) is 1. The van der Waals surface area contributed by atoms with Crippen molar-refractivity contribution in [2.45, 2.75) is 12.8 Å². The zero-order chi connectivity index (χ0) is 13.6. The summed E-state index contributed by atoms with van der Waals surface area (Å²) in [5.41, 5.74) is 5.98. The lowest BCUT2D eigenvalue weighted by Crippen LogP contribution is -2.29. The van der Waals surface area contributed by atoms with E-state index in [2.05, 4.69) is 0 Å². The van der Waals surface area contributed by atoms with Crippen LogP contribution in [0.2, 0.25) is 0 Å². The lowest BCUT2D eigenvalue weighted by atomic mass is 10.3. The lowest BCUT2D eigenvalue weighted by Gasteiger charge is -2.19. The number of benzene rings is 1. The molecule has 0 radical (unpaired) electrons. The van der Waals surface area contributed by atoms with Crippen molar-refractivity contribution in [1.29, 1.82) is 0 Å². The third-order valence-electron chi connectivity index (χ3n) is 2.71. The summed E-state index contributed by atoms with van der Waals surface area (Å²) in [4.78, 5) is 0. The first kappa shape index (κ1) is 14.8. The van der Waals surface area contributed by atoms with Gasteiger partial charge in [0.05, 0.1) is 18.6 Å². The molecule has 1 aromatic rings. The molecule has 1 aromatic carbocycles. The summed E-state index contributed by atoms with van der Waals surface area (Å²) in [6.07, 6.45) is 1.30. The van der Waals surface area contributed by atoms with Crippen LogP contribution in [0.25, 0.3) is 0 Å². The molecule has 0 saturated carbocycles. The monoisotopic (exact) mass is 272 g/mol. The Hall–Kier alpha value is -1.27. The quantitative estimate of drug-likeness (QED) is 0.757. The largest absolute Gasteiger partial charge is 0.497 e. The Morgan fingerprint density at radius 1 is 1.22 bits per heavy atom. The van der Waals surface area contributed by atoms with Crippen molar-refractivity contribution in [2.75, 3.05) is 30.8 Å². The average Bonchev–Trinajstić information content (AvgIpc) is 2.38. The maximum absolute atomic E-state index is 12.0. The van der Waals surface area contributed by atoms with E-state index in [0.29, 0.717) is 24.4 Å². The maximum atomic E-state index is 12.0. The maximum Gasteiger partial charge on any atom is 0.234 e. The molecular formula is C12H20N2O3S. The predicted molar refractivity (Wildman–Crippen MR) is 73.5 cm³/mol. The zero-order valence-electron chi connectivity index (χ0n) is 10.8. The number of sulfonamides is 1. The van der Waals surface area contributed by atoms with Crippen LogP contribution in [0, 0.1) is 0 Å². The van der Waals surface area contributed by atoms with Gasteiger partial charge in [-0.05, 0) is 43.7 Å². The van der Waals surface area contributed by atoms with Crippen molar-refractivity contribution in [3.63, 3.8) is 0 Å². The fourth-order valence-electron chi connectivity index (χ4n) is 1.52. The molecule has 102 valence electrons. The van der Waals surface area contributed by atoms with Crippen LogP contribution in [0.4, 0.5) is 5.69 Å². The van der Waals surface area contributed by atoms with Gasteiger partial charge in [0.25, 0.3) is 0 Å². The first-order valence-electron chi connectivity index (χ1n) is 5.82. The van der Waals surface area contributed by atoms with Crippen LogP contribution in [0.3, 0.4) is 0 Å². The molecule has 0 unspecified atom stereocenters. The Morgan fingerprint density at radius 2 is 1.83 bits per heavy atom. The Bertz CT molecular complexity index is 457. The minimum absolute atomic E-state index is 0.118. The van der Waals surface area contributed by atoms with Gasteiger partial charge in [-0.15, -0.1) is 0 Å². The Labute approximate surface area is 109 Å². The first-order chi connectivity index (χ1) is 8.51. The van der Waals surface area contributed by atoms with E-state index in [9.17, 15) is 8.42 Å². The van der Waals surface area contributed by atoms with Crippen LogP contribution in [0.5, 0.6) is 5.75 Å². The number of methoxy groups -OCH3 is 1. The number of nitrogens with zero attached hydrogens (tertiary/aromatic N) is 1. The highest BCUT2D eigenvalue weighted by molar-refractivity contribution is 7.92. The van der Waals surface area contributed by atoms with E-state index < -0.39 is 10.0 Å². The summed E-state index contributed by atoms with van der Waals surface area (Å²) < 4.78 is 30.4. The Balaban J connectivity index is 2.75. The molecule has 0 bridgehead atoms. The van der Waals surface area contributed by atoms with Gasteiger partial charge >= 0.3 is 0 Å². The van der Waals surface area contributed by atoms with E-state index in [1.807, 2.05) is 0 Å². The van der Waals surface area contributed by atoms with Gasteiger partial charge in [0.15, 0.2) is 0 Å². The molecule has 2 N–H and O–H groups in total. The van der Waals surface area contributed by atoms with Gasteiger partial charge in [-0.25, -0.2) is 8.42 Å². The summed E-state index contributed by atoms with van der Waals surface area (Å²) in [6, 6.07) is 6.92. The standard InChI is InChI=1S/C12H20N2O3S/c1-14(18(15,16)10-4-3-9-13)11-5-7-12(17-2)8-6-11/h5-8H,3-4,9-10,13H2,1-2H3. The van der Waals surface area contributed by atoms with Gasteiger partial charge in [0.2, 0.25) is 10.0 Å². The van der Waals surface area contributed by atoms with Crippen molar-refractivity contribution in [2.24, 2.45) is 5.73 Å². The fourth-order valence-corrected chi connectivity index (χ4v) is 2.80. The van der Waals surface area contributed by atoms with Crippen LogP contribution < -0.4 is 14.8 Å². The SMILES string of the molecule is COc1ccc(N(C)S(=O)(=O)CCCCN)cc1. The van der Waals surface area contributed by atoms with E-state index in [0.717, 1.165) is 6.42 Å². The van der Waals surface area contributed by atoms with Crippen LogP contribution in [-0.2, 0) is 10.0 Å². The topological polar surface area (TPSA) is 72.6 Å². The van der Waals surface area contributed by atoms with Gasteiger partial charge < -0.3 is 10.5 Å². The summed E-state index contributed by atoms with van der Waals surface area (Å²) in [7, 11) is -0.141. The highest BCUT2D eigenvalue weighted by Crippen LogP contribution is 2.20. The first-order valence-corrected chi connectivity index (χ1v) is 7.43. The average molecular weight is 272 g/mol. The second-order valence-electron chi connectivity index (χ2n) is 3.98. The van der Waals surface area contributed by atoms with E-state index in [4.69, 9.17) is 10.5 Å². The van der Waals surface area contributed by atoms with Crippen molar-refractivity contribution < 1.29 is 13.2 Å². The van der Waals surface area contributed by atoms with E-state index >= 15 is 0 Å². The molecule has 0 atom stereocenters. The van der Waals surface area contributed by atoms with Crippen molar-refractivity contribution >= 4 is 15.7 Å². The molecule has 0 spiro atoms. The summed E-state index contributed by atoms with van der Waals surface area (Å²) >= 11 is 0. The third kappa shape index (κ3) is 3.89. The smallest absolute Gasteiger partial charge is 0.234 e. The molecule has 1 rings (SSSR count). The predicted octanol–water partition coefficient (Wildman–Crippen LogP) is 1.20. The second-order valence-corrected chi connectivity index (χ2v) is 6.10. The van der Waals surface area contributed by atoms with Gasteiger partial charge in [-0.1, -0.05) is 0 Å². The second kappa shape index (κ2) is 6.61. The molecule has 0 heterocycles. The number of rotatable bonds is 7. The van der Waals surface area contributed by atoms with Gasteiger partial charge in [-0.3, -0.25) is 4.31 Å². The van der Waals surface area contributed by atoms with Gasteiger partial charge in [0, 0.05) is 7.05 Å². The molecule has 0 aliphatic rings. The van der Waals surface area contributed by atoms with Gasteiger partial charge in [-0.2, -0.15) is 0 Å². The molecule has 6 heteroatoms. The highest BCUT2D eigenvalue weighted by Gasteiger charge is 2.17. The van der Waals surface area contributed by atoms with Gasteiger partial charge in [0.1, 0.15) is 5.75 Å². The molecule has 0 aromatic heterocycles. The molecule has 0 aliphatic carbocycles. The van der Waals surface area contributed by atoms with Crippen LogP contribution in [-0.4, -0.2) is 34.9 Å². The number of nitrogens with two attached hydrogens (primary N) is 1. The van der Waals surface area contributed by atoms with Crippen molar-refractivity contribution in [3.05, 3.63) is 24.3 Å². The molecule has 0 saturated heterocycles. The van der Waals surface area contributed by atoms with Crippen LogP contribution >= 0.6 is 0 Å². The summed E-state index contributed by atoms with van der Waals surface area (Å²) in [6.45, 7) is 0.516. The molecule has 0 amide bonds. The number of hydrogen-bond acceptors (Lipinski definition) is 4. The summed E-state index contributed by atoms with van der Waals surface area (Å²) in [5.74, 6) is 0.819. The minimum atomic E-state index is -3.27. The van der Waals surface area contributed by atoms with Crippen LogP contribution in [0.15, 0.2) is 24.3 Å². The van der Waals surface area contributed by atoms with E-state index in [1.165, 1.54) is 4.31 Å². The van der Waals surface area contributed by atoms with Crippen LogP contribution in [0.1, 0.15) is 12.8 Å². The highest BCUT2D eigenvalue weighted by atomic mass is 32.2. The number of hydrogen-bond donors (Lipinski definition) is 1. The summed E-state index contributed by atoms with van der Waals surface area (Å²) in [5, 5.41) is 0. The van der Waals surface area contributed by atoms with Crippen molar-refractivity contribution in [3.8, 4) is 5.75 Å². The molecular weight excluding hydrogens is 252 g/mol. The van der Waals surface area contributed by atoms with Crippen molar-refractivity contribution in [1.82, 2.24) is 0 Å². The molecule has 0 fully saturated rings. The Kier molecular flexibility index (Phi) is 5.43. The zero-order valence-corrected chi connectivity index (χ0v) is 11.6. The molecule has 0 aliphatic heterocycles. The molecule has 5 nitrogen and oxygen atoms in total. The third-order valence-corrected chi connectivity index (χ3v) is 4.56. The molecule has 18 heavy (non-hydrogen) atoms. The normalized spacial score (nSPS) is 11.3. The lowest BCUT2D eigenvalue weighted by molar-refractivity contribution is 0.415. The number of unbranched alkanes of at least 4 members (excludes halogenated alkanes) is 1. The van der Waals surface area contributed by atoms with E-state index in [1.54, 1.807) is 38.4 Å². The fraction of sp³-hybridized carbons (Fsp3) is 0.500.